The number of rotatable bonds is 6. The van der Waals surface area contributed by atoms with Crippen molar-refractivity contribution in [3.8, 4) is 0 Å². The van der Waals surface area contributed by atoms with Crippen LogP contribution in [0.25, 0.3) is 0 Å². The SMILES string of the molecule is BrP(CCc1ccccc1)(c1ccccc1)(c1ccccc1)c1ccccc1. The van der Waals surface area contributed by atoms with Gasteiger partial charge in [0.1, 0.15) is 0 Å². The molecule has 0 N–H and O–H groups in total. The zero-order chi connectivity index (χ0) is 19.3. The van der Waals surface area contributed by atoms with E-state index >= 15 is 0 Å². The Balaban J connectivity index is 1.98. The quantitative estimate of drug-likeness (QED) is 0.315. The van der Waals surface area contributed by atoms with Crippen LogP contribution in [-0.2, 0) is 6.42 Å². The van der Waals surface area contributed by atoms with Crippen molar-refractivity contribution in [1.82, 2.24) is 0 Å². The minimum absolute atomic E-state index is 1.02. The van der Waals surface area contributed by atoms with E-state index in [1.54, 1.807) is 0 Å². The molecule has 0 saturated carbocycles. The number of hydrogen-bond donors (Lipinski definition) is 0. The minimum atomic E-state index is -2.81. The number of benzene rings is 4. The van der Waals surface area contributed by atoms with Gasteiger partial charge in [-0.15, -0.1) is 0 Å². The fraction of sp³-hybridized carbons (Fsp3) is 0.0769. The van der Waals surface area contributed by atoms with Crippen LogP contribution in [0.5, 0.6) is 0 Å². The van der Waals surface area contributed by atoms with E-state index in [-0.39, 0.29) is 0 Å². The summed E-state index contributed by atoms with van der Waals surface area (Å²) in [6.07, 6.45) is 2.05. The van der Waals surface area contributed by atoms with E-state index in [0.29, 0.717) is 0 Å². The molecule has 0 heterocycles. The molecular weight excluding hydrogens is 423 g/mol. The predicted molar refractivity (Wildman–Crippen MR) is 129 cm³/mol. The summed E-state index contributed by atoms with van der Waals surface area (Å²) in [5.74, 6) is 0. The fourth-order valence-corrected chi connectivity index (χ4v) is 11.4. The van der Waals surface area contributed by atoms with E-state index in [0.717, 1.165) is 12.6 Å². The molecule has 0 amide bonds. The Hall–Kier alpha value is -2.21. The molecule has 0 bridgehead atoms. The molecule has 4 aromatic rings. The Morgan fingerprint density at radius 2 is 0.786 bits per heavy atom. The van der Waals surface area contributed by atoms with Gasteiger partial charge >= 0.3 is 176 Å². The first-order valence-electron chi connectivity index (χ1n) is 9.65. The third-order valence-corrected chi connectivity index (χ3v) is 15.5. The zero-order valence-corrected chi connectivity index (χ0v) is 18.3. The first-order chi connectivity index (χ1) is 13.7. The number of hydrogen-bond acceptors (Lipinski definition) is 0. The molecule has 140 valence electrons. The molecule has 0 aliphatic rings. The van der Waals surface area contributed by atoms with E-state index in [4.69, 9.17) is 0 Å². The van der Waals surface area contributed by atoms with Crippen LogP contribution < -0.4 is 15.9 Å². The Kier molecular flexibility index (Phi) is 5.49. The molecule has 0 aliphatic heterocycles. The van der Waals surface area contributed by atoms with Crippen LogP contribution in [0.4, 0.5) is 0 Å². The Morgan fingerprint density at radius 1 is 0.464 bits per heavy atom. The first kappa shape index (κ1) is 19.1. The third kappa shape index (κ3) is 3.34. The van der Waals surface area contributed by atoms with Crippen molar-refractivity contribution < 1.29 is 0 Å². The van der Waals surface area contributed by atoms with Gasteiger partial charge in [0, 0.05) is 0 Å². The van der Waals surface area contributed by atoms with Gasteiger partial charge in [-0.05, 0) is 0 Å². The summed E-state index contributed by atoms with van der Waals surface area (Å²) in [7, 11) is 0. The standard InChI is InChI=1S/C26H24BrP/c27-28(24-15-7-2-8-16-24,25-17-9-3-10-18-25,26-19-11-4-12-20-26)22-21-23-13-5-1-6-14-23/h1-20H,21-22H2. The molecule has 0 aromatic heterocycles. The van der Waals surface area contributed by atoms with Crippen LogP contribution in [0.3, 0.4) is 0 Å². The summed E-state index contributed by atoms with van der Waals surface area (Å²) < 4.78 is 0. The maximum absolute atomic E-state index is 4.51. The van der Waals surface area contributed by atoms with Crippen molar-refractivity contribution in [2.45, 2.75) is 6.42 Å². The summed E-state index contributed by atoms with van der Waals surface area (Å²) in [5, 5.41) is 1.32. The van der Waals surface area contributed by atoms with E-state index in [9.17, 15) is 0 Å². The maximum atomic E-state index is 4.51. The molecule has 0 spiro atoms. The van der Waals surface area contributed by atoms with E-state index in [2.05, 4.69) is 137 Å². The summed E-state index contributed by atoms with van der Waals surface area (Å²) in [6.45, 7) is 0. The van der Waals surface area contributed by atoms with Gasteiger partial charge in [-0.1, -0.05) is 0 Å². The molecule has 0 nitrogen and oxygen atoms in total. The molecular formula is C26H24BrP. The van der Waals surface area contributed by atoms with E-state index in [1.807, 2.05) is 0 Å². The molecule has 0 saturated heterocycles. The van der Waals surface area contributed by atoms with Crippen LogP contribution in [0.1, 0.15) is 5.56 Å². The fourth-order valence-electron chi connectivity index (χ4n) is 4.03. The molecule has 2 heteroatoms. The van der Waals surface area contributed by atoms with E-state index < -0.39 is 5.31 Å². The van der Waals surface area contributed by atoms with Gasteiger partial charge in [0.25, 0.3) is 0 Å². The Morgan fingerprint density at radius 3 is 1.14 bits per heavy atom. The Bertz CT molecular complexity index is 916. The van der Waals surface area contributed by atoms with Gasteiger partial charge in [0.2, 0.25) is 0 Å². The summed E-state index contributed by atoms with van der Waals surface area (Å²) in [4.78, 5) is 0. The predicted octanol–water partition coefficient (Wildman–Crippen LogP) is 6.07. The van der Waals surface area contributed by atoms with Crippen molar-refractivity contribution in [3.05, 3.63) is 127 Å². The van der Waals surface area contributed by atoms with Crippen LogP contribution in [0, 0.1) is 0 Å². The molecule has 4 aromatic carbocycles. The third-order valence-electron chi connectivity index (χ3n) is 5.55. The number of aryl methyl sites for hydroxylation is 1. The van der Waals surface area contributed by atoms with Gasteiger partial charge in [-0.25, -0.2) is 0 Å². The molecule has 0 aliphatic carbocycles. The second-order valence-electron chi connectivity index (χ2n) is 7.15. The zero-order valence-electron chi connectivity index (χ0n) is 15.8. The molecule has 0 atom stereocenters. The van der Waals surface area contributed by atoms with Crippen LogP contribution in [0.2, 0.25) is 0 Å². The van der Waals surface area contributed by atoms with Crippen LogP contribution in [0.15, 0.2) is 121 Å². The van der Waals surface area contributed by atoms with Crippen molar-refractivity contribution in [2.24, 2.45) is 0 Å². The summed E-state index contributed by atoms with van der Waals surface area (Å²) in [6, 6.07) is 43.8. The molecule has 4 rings (SSSR count). The molecule has 0 unspecified atom stereocenters. The van der Waals surface area contributed by atoms with Gasteiger partial charge in [-0.2, -0.15) is 0 Å². The van der Waals surface area contributed by atoms with E-state index in [1.165, 1.54) is 21.5 Å². The molecule has 0 radical (unpaired) electrons. The molecule has 28 heavy (non-hydrogen) atoms. The van der Waals surface area contributed by atoms with Crippen molar-refractivity contribution in [1.29, 1.82) is 0 Å². The average Bonchev–Trinajstić information content (AvgIpc) is 2.80. The van der Waals surface area contributed by atoms with Crippen molar-refractivity contribution in [2.75, 3.05) is 6.16 Å². The summed E-state index contributed by atoms with van der Waals surface area (Å²) >= 11 is 4.51. The van der Waals surface area contributed by atoms with Crippen LogP contribution in [-0.4, -0.2) is 6.16 Å². The van der Waals surface area contributed by atoms with Crippen LogP contribution >= 0.6 is 20.8 Å². The van der Waals surface area contributed by atoms with Crippen molar-refractivity contribution in [3.63, 3.8) is 0 Å². The average molecular weight is 447 g/mol. The first-order valence-corrected chi connectivity index (χ1v) is 14.1. The van der Waals surface area contributed by atoms with Gasteiger partial charge in [0.15, 0.2) is 0 Å². The normalized spacial score (nSPS) is 12.8. The summed E-state index contributed by atoms with van der Waals surface area (Å²) in [5.41, 5.74) is 1.37. The van der Waals surface area contributed by atoms with Gasteiger partial charge in [0.05, 0.1) is 0 Å². The van der Waals surface area contributed by atoms with Crippen molar-refractivity contribution >= 4 is 36.7 Å². The topological polar surface area (TPSA) is 0 Å². The molecule has 0 fully saturated rings. The second-order valence-corrected chi connectivity index (χ2v) is 16.2. The Labute approximate surface area is 175 Å². The monoisotopic (exact) mass is 446 g/mol. The second kappa shape index (κ2) is 8.03. The van der Waals surface area contributed by atoms with Gasteiger partial charge < -0.3 is 0 Å². The van der Waals surface area contributed by atoms with Gasteiger partial charge in [-0.3, -0.25) is 0 Å². The number of halogens is 1.